The largest absolute Gasteiger partial charge is 0.492 e. The van der Waals surface area contributed by atoms with Gasteiger partial charge in [0.05, 0.1) is 11.1 Å². The molecule has 0 saturated heterocycles. The van der Waals surface area contributed by atoms with Crippen LogP contribution in [0.1, 0.15) is 15.9 Å². The van der Waals surface area contributed by atoms with Gasteiger partial charge < -0.3 is 4.74 Å². The quantitative estimate of drug-likeness (QED) is 0.796. The molecule has 0 aliphatic heterocycles. The van der Waals surface area contributed by atoms with Crippen LogP contribution in [0.5, 0.6) is 5.75 Å². The lowest BCUT2D eigenvalue weighted by Crippen LogP contribution is -2.02. The van der Waals surface area contributed by atoms with Crippen molar-refractivity contribution in [1.82, 2.24) is 4.98 Å². The second-order valence-corrected chi connectivity index (χ2v) is 4.62. The number of ether oxygens (including phenoxy) is 1. The summed E-state index contributed by atoms with van der Waals surface area (Å²) in [7, 11) is 0. The van der Waals surface area contributed by atoms with Crippen LogP contribution >= 0.6 is 15.9 Å². The Hall–Kier alpha value is -1.68. The molecule has 2 rings (SSSR count). The highest BCUT2D eigenvalue weighted by atomic mass is 79.9. The third-order valence-electron chi connectivity index (χ3n) is 2.46. The lowest BCUT2D eigenvalue weighted by atomic mass is 10.2. The summed E-state index contributed by atoms with van der Waals surface area (Å²) in [5.74, 6) is 0.740. The second-order valence-electron chi connectivity index (χ2n) is 3.77. The molecule has 0 aliphatic carbocycles. The molecule has 0 N–H and O–H groups in total. The standard InChI is InChI=1S/C14H12BrNO2/c15-13-8-12(10-17)3-4-14(13)18-7-5-11-2-1-6-16-9-11/h1-4,6,8-10H,5,7H2. The van der Waals surface area contributed by atoms with Gasteiger partial charge in [0.25, 0.3) is 0 Å². The third-order valence-corrected chi connectivity index (χ3v) is 3.08. The minimum Gasteiger partial charge on any atom is -0.492 e. The van der Waals surface area contributed by atoms with Crippen molar-refractivity contribution in [2.24, 2.45) is 0 Å². The highest BCUT2D eigenvalue weighted by molar-refractivity contribution is 9.10. The molecule has 0 fully saturated rings. The van der Waals surface area contributed by atoms with Gasteiger partial charge in [0, 0.05) is 24.4 Å². The molecule has 0 amide bonds. The first-order valence-electron chi connectivity index (χ1n) is 5.56. The van der Waals surface area contributed by atoms with Gasteiger partial charge in [-0.3, -0.25) is 9.78 Å². The van der Waals surface area contributed by atoms with Crippen LogP contribution in [-0.2, 0) is 6.42 Å². The van der Waals surface area contributed by atoms with Crippen LogP contribution in [0.3, 0.4) is 0 Å². The molecule has 1 aromatic heterocycles. The number of nitrogens with zero attached hydrogens (tertiary/aromatic N) is 1. The van der Waals surface area contributed by atoms with Crippen molar-refractivity contribution in [3.05, 3.63) is 58.3 Å². The number of aldehydes is 1. The van der Waals surface area contributed by atoms with Crippen LogP contribution in [0.25, 0.3) is 0 Å². The molecule has 0 bridgehead atoms. The van der Waals surface area contributed by atoms with Crippen LogP contribution in [-0.4, -0.2) is 17.9 Å². The molecule has 0 unspecified atom stereocenters. The van der Waals surface area contributed by atoms with E-state index in [1.54, 1.807) is 24.4 Å². The summed E-state index contributed by atoms with van der Waals surface area (Å²) in [6.07, 6.45) is 5.19. The van der Waals surface area contributed by atoms with Crippen LogP contribution in [0.4, 0.5) is 0 Å². The van der Waals surface area contributed by atoms with E-state index in [0.29, 0.717) is 12.2 Å². The fourth-order valence-corrected chi connectivity index (χ4v) is 2.04. The number of rotatable bonds is 5. The Morgan fingerprint density at radius 2 is 2.22 bits per heavy atom. The number of benzene rings is 1. The first-order chi connectivity index (χ1) is 8.79. The van der Waals surface area contributed by atoms with Crippen molar-refractivity contribution in [2.45, 2.75) is 6.42 Å². The van der Waals surface area contributed by atoms with Crippen LogP contribution in [0.15, 0.2) is 47.2 Å². The summed E-state index contributed by atoms with van der Waals surface area (Å²) in [6, 6.07) is 9.19. The zero-order valence-electron chi connectivity index (χ0n) is 9.67. The first kappa shape index (κ1) is 12.8. The van der Waals surface area contributed by atoms with E-state index in [2.05, 4.69) is 20.9 Å². The summed E-state index contributed by atoms with van der Waals surface area (Å²) in [5.41, 5.74) is 1.76. The Morgan fingerprint density at radius 3 is 2.89 bits per heavy atom. The highest BCUT2D eigenvalue weighted by Crippen LogP contribution is 2.25. The minimum atomic E-state index is 0.574. The molecular formula is C14H12BrNO2. The molecule has 0 saturated carbocycles. The molecule has 0 spiro atoms. The minimum absolute atomic E-state index is 0.574. The van der Waals surface area contributed by atoms with E-state index in [0.717, 1.165) is 28.5 Å². The summed E-state index contributed by atoms with van der Waals surface area (Å²) < 4.78 is 6.44. The fraction of sp³-hybridized carbons (Fsp3) is 0.143. The molecule has 4 heteroatoms. The van der Waals surface area contributed by atoms with Gasteiger partial charge in [-0.25, -0.2) is 0 Å². The molecule has 0 radical (unpaired) electrons. The molecular weight excluding hydrogens is 294 g/mol. The van der Waals surface area contributed by atoms with Crippen molar-refractivity contribution in [2.75, 3.05) is 6.61 Å². The number of carbonyl (C=O) groups excluding carboxylic acids is 1. The van der Waals surface area contributed by atoms with Gasteiger partial charge in [-0.1, -0.05) is 6.07 Å². The summed E-state index contributed by atoms with van der Waals surface area (Å²) in [4.78, 5) is 14.6. The zero-order chi connectivity index (χ0) is 12.8. The lowest BCUT2D eigenvalue weighted by molar-refractivity contribution is 0.112. The summed E-state index contributed by atoms with van der Waals surface area (Å²) >= 11 is 3.38. The van der Waals surface area contributed by atoms with Crippen molar-refractivity contribution < 1.29 is 9.53 Å². The van der Waals surface area contributed by atoms with E-state index in [1.807, 2.05) is 18.3 Å². The van der Waals surface area contributed by atoms with Crippen LogP contribution in [0, 0.1) is 0 Å². The Bertz CT molecular complexity index is 529. The van der Waals surface area contributed by atoms with E-state index in [1.165, 1.54) is 0 Å². The molecule has 0 aliphatic rings. The maximum atomic E-state index is 10.6. The van der Waals surface area contributed by atoms with E-state index in [-0.39, 0.29) is 0 Å². The smallest absolute Gasteiger partial charge is 0.150 e. The average molecular weight is 306 g/mol. The van der Waals surface area contributed by atoms with E-state index in [4.69, 9.17) is 4.74 Å². The molecule has 3 nitrogen and oxygen atoms in total. The summed E-state index contributed by atoms with van der Waals surface area (Å²) in [5, 5.41) is 0. The number of aromatic nitrogens is 1. The number of hydrogen-bond acceptors (Lipinski definition) is 3. The Balaban J connectivity index is 1.92. The average Bonchev–Trinajstić information content (AvgIpc) is 2.42. The van der Waals surface area contributed by atoms with E-state index < -0.39 is 0 Å². The third kappa shape index (κ3) is 3.40. The van der Waals surface area contributed by atoms with E-state index in [9.17, 15) is 4.79 Å². The van der Waals surface area contributed by atoms with Gasteiger partial charge in [-0.15, -0.1) is 0 Å². The maximum Gasteiger partial charge on any atom is 0.150 e. The molecule has 1 heterocycles. The molecule has 0 atom stereocenters. The van der Waals surface area contributed by atoms with Gasteiger partial charge in [0.2, 0.25) is 0 Å². The predicted molar refractivity (Wildman–Crippen MR) is 73.0 cm³/mol. The van der Waals surface area contributed by atoms with Gasteiger partial charge >= 0.3 is 0 Å². The Labute approximate surface area is 114 Å². The Morgan fingerprint density at radius 1 is 1.33 bits per heavy atom. The van der Waals surface area contributed by atoms with Crippen LogP contribution < -0.4 is 4.74 Å². The van der Waals surface area contributed by atoms with E-state index >= 15 is 0 Å². The number of halogens is 1. The van der Waals surface area contributed by atoms with Gasteiger partial charge in [-0.05, 0) is 45.8 Å². The Kier molecular flexibility index (Phi) is 4.47. The van der Waals surface area contributed by atoms with Crippen molar-refractivity contribution in [3.8, 4) is 5.75 Å². The normalized spacial score (nSPS) is 10.1. The molecule has 92 valence electrons. The van der Waals surface area contributed by atoms with Gasteiger partial charge in [0.15, 0.2) is 0 Å². The predicted octanol–water partition coefficient (Wildman–Crippen LogP) is 3.28. The molecule has 1 aromatic carbocycles. The van der Waals surface area contributed by atoms with Gasteiger partial charge in [0.1, 0.15) is 12.0 Å². The number of hydrogen-bond donors (Lipinski definition) is 0. The van der Waals surface area contributed by atoms with Crippen molar-refractivity contribution in [1.29, 1.82) is 0 Å². The second kappa shape index (κ2) is 6.31. The van der Waals surface area contributed by atoms with Crippen molar-refractivity contribution in [3.63, 3.8) is 0 Å². The fourth-order valence-electron chi connectivity index (χ4n) is 1.53. The maximum absolute atomic E-state index is 10.6. The van der Waals surface area contributed by atoms with Crippen molar-refractivity contribution >= 4 is 22.2 Å². The monoisotopic (exact) mass is 305 g/mol. The first-order valence-corrected chi connectivity index (χ1v) is 6.35. The molecule has 18 heavy (non-hydrogen) atoms. The lowest BCUT2D eigenvalue weighted by Gasteiger charge is -2.08. The van der Waals surface area contributed by atoms with Gasteiger partial charge in [-0.2, -0.15) is 0 Å². The number of pyridine rings is 1. The SMILES string of the molecule is O=Cc1ccc(OCCc2cccnc2)c(Br)c1. The number of carbonyl (C=O) groups is 1. The summed E-state index contributed by atoms with van der Waals surface area (Å²) in [6.45, 7) is 0.574. The zero-order valence-corrected chi connectivity index (χ0v) is 11.3. The molecule has 2 aromatic rings. The topological polar surface area (TPSA) is 39.2 Å². The van der Waals surface area contributed by atoms with Crippen LogP contribution in [0.2, 0.25) is 0 Å². The highest BCUT2D eigenvalue weighted by Gasteiger charge is 2.02.